The molecular weight excluding hydrogens is 252 g/mol. The molecule has 0 atom stereocenters. The molecule has 0 aliphatic heterocycles. The van der Waals surface area contributed by atoms with E-state index < -0.39 is 0 Å². The predicted octanol–water partition coefficient (Wildman–Crippen LogP) is 1.79. The van der Waals surface area contributed by atoms with Crippen LogP contribution >= 0.6 is 11.8 Å². The molecule has 6 nitrogen and oxygen atoms in total. The zero-order chi connectivity index (χ0) is 12.8. The molecule has 2 heterocycles. The molecule has 0 fully saturated rings. The lowest BCUT2D eigenvalue weighted by Gasteiger charge is -2.03. The van der Waals surface area contributed by atoms with E-state index in [1.54, 1.807) is 6.33 Å². The number of fused-ring (bicyclic) bond motifs is 1. The average Bonchev–Trinajstić information content (AvgIpc) is 2.85. The van der Waals surface area contributed by atoms with Gasteiger partial charge in [-0.3, -0.25) is 4.79 Å². The van der Waals surface area contributed by atoms with Gasteiger partial charge in [0.05, 0.1) is 18.7 Å². The molecule has 96 valence electrons. The Morgan fingerprint density at radius 1 is 1.44 bits per heavy atom. The number of hydrogen-bond donors (Lipinski definition) is 1. The SMILES string of the molecule is CCCCOC(=O)CSc1ncnc2nc[nH]c12. The first-order valence-electron chi connectivity index (χ1n) is 5.73. The van der Waals surface area contributed by atoms with Gasteiger partial charge >= 0.3 is 5.97 Å². The molecule has 0 saturated carbocycles. The smallest absolute Gasteiger partial charge is 0.316 e. The summed E-state index contributed by atoms with van der Waals surface area (Å²) in [4.78, 5) is 26.6. The van der Waals surface area contributed by atoms with Crippen LogP contribution in [0, 0.1) is 0 Å². The van der Waals surface area contributed by atoms with E-state index in [4.69, 9.17) is 4.74 Å². The zero-order valence-corrected chi connectivity index (χ0v) is 10.9. The van der Waals surface area contributed by atoms with E-state index in [0.29, 0.717) is 17.3 Å². The number of carbonyl (C=O) groups excluding carboxylic acids is 1. The van der Waals surface area contributed by atoms with Crippen molar-refractivity contribution in [3.05, 3.63) is 12.7 Å². The second kappa shape index (κ2) is 6.34. The van der Waals surface area contributed by atoms with E-state index in [1.165, 1.54) is 18.1 Å². The molecule has 7 heteroatoms. The van der Waals surface area contributed by atoms with Gasteiger partial charge in [0.15, 0.2) is 5.65 Å². The number of esters is 1. The Hall–Kier alpha value is -1.63. The minimum atomic E-state index is -0.222. The number of imidazole rings is 1. The molecule has 18 heavy (non-hydrogen) atoms. The Balaban J connectivity index is 1.90. The van der Waals surface area contributed by atoms with Crippen LogP contribution in [0.2, 0.25) is 0 Å². The second-order valence-electron chi connectivity index (χ2n) is 3.64. The lowest BCUT2D eigenvalue weighted by molar-refractivity contribution is -0.140. The number of hydrogen-bond acceptors (Lipinski definition) is 6. The van der Waals surface area contributed by atoms with Crippen molar-refractivity contribution >= 4 is 28.9 Å². The molecule has 0 aromatic carbocycles. The second-order valence-corrected chi connectivity index (χ2v) is 4.61. The van der Waals surface area contributed by atoms with Crippen molar-refractivity contribution in [3.63, 3.8) is 0 Å². The lowest BCUT2D eigenvalue weighted by Crippen LogP contribution is -2.08. The van der Waals surface area contributed by atoms with Crippen molar-refractivity contribution in [1.82, 2.24) is 19.9 Å². The van der Waals surface area contributed by atoms with Crippen molar-refractivity contribution in [2.45, 2.75) is 24.8 Å². The van der Waals surface area contributed by atoms with Crippen LogP contribution in [0.25, 0.3) is 11.2 Å². The summed E-state index contributed by atoms with van der Waals surface area (Å²) in [6.45, 7) is 2.54. The minimum absolute atomic E-state index is 0.222. The molecule has 0 unspecified atom stereocenters. The third-order valence-corrected chi connectivity index (χ3v) is 3.24. The van der Waals surface area contributed by atoms with Crippen molar-refractivity contribution in [1.29, 1.82) is 0 Å². The summed E-state index contributed by atoms with van der Waals surface area (Å²) < 4.78 is 5.07. The van der Waals surface area contributed by atoms with Gasteiger partial charge in [-0.05, 0) is 6.42 Å². The number of nitrogens with zero attached hydrogens (tertiary/aromatic N) is 3. The van der Waals surface area contributed by atoms with E-state index >= 15 is 0 Å². The fourth-order valence-electron chi connectivity index (χ4n) is 1.35. The molecule has 2 aromatic rings. The summed E-state index contributed by atoms with van der Waals surface area (Å²) in [5.74, 6) is 0.0224. The van der Waals surface area contributed by atoms with Gasteiger partial charge in [-0.1, -0.05) is 25.1 Å². The third-order valence-electron chi connectivity index (χ3n) is 2.28. The maximum atomic E-state index is 11.5. The topological polar surface area (TPSA) is 80.8 Å². The molecule has 2 aromatic heterocycles. The van der Waals surface area contributed by atoms with E-state index in [9.17, 15) is 4.79 Å². The van der Waals surface area contributed by atoms with E-state index in [2.05, 4.69) is 26.9 Å². The minimum Gasteiger partial charge on any atom is -0.465 e. The van der Waals surface area contributed by atoms with Gasteiger partial charge in [0.1, 0.15) is 16.9 Å². The van der Waals surface area contributed by atoms with Gasteiger partial charge in [0.25, 0.3) is 0 Å². The number of nitrogens with one attached hydrogen (secondary N) is 1. The van der Waals surface area contributed by atoms with Crippen LogP contribution in [0.1, 0.15) is 19.8 Å². The Kier molecular flexibility index (Phi) is 4.52. The number of H-pyrrole nitrogens is 1. The molecule has 2 rings (SSSR count). The number of aromatic amines is 1. The van der Waals surface area contributed by atoms with Crippen LogP contribution in [0.15, 0.2) is 17.7 Å². The van der Waals surface area contributed by atoms with E-state index in [-0.39, 0.29) is 11.7 Å². The molecule has 0 bridgehead atoms. The first-order chi connectivity index (χ1) is 8.81. The monoisotopic (exact) mass is 266 g/mol. The van der Waals surface area contributed by atoms with Crippen molar-refractivity contribution in [2.24, 2.45) is 0 Å². The molecular formula is C11H14N4O2S. The van der Waals surface area contributed by atoms with Gasteiger partial charge in [-0.15, -0.1) is 0 Å². The van der Waals surface area contributed by atoms with Gasteiger partial charge in [0.2, 0.25) is 0 Å². The summed E-state index contributed by atoms with van der Waals surface area (Å²) in [6, 6.07) is 0. The van der Waals surface area contributed by atoms with Gasteiger partial charge in [-0.2, -0.15) is 0 Å². The van der Waals surface area contributed by atoms with Crippen LogP contribution in [-0.4, -0.2) is 38.3 Å². The molecule has 0 aliphatic carbocycles. The summed E-state index contributed by atoms with van der Waals surface area (Å²) in [6.07, 6.45) is 4.91. The largest absolute Gasteiger partial charge is 0.465 e. The predicted molar refractivity (Wildman–Crippen MR) is 68.3 cm³/mol. The number of rotatable bonds is 6. The van der Waals surface area contributed by atoms with Crippen LogP contribution < -0.4 is 0 Å². The number of aromatic nitrogens is 4. The summed E-state index contributed by atoms with van der Waals surface area (Å²) in [5.41, 5.74) is 1.36. The highest BCUT2D eigenvalue weighted by molar-refractivity contribution is 8.00. The molecule has 0 radical (unpaired) electrons. The highest BCUT2D eigenvalue weighted by Crippen LogP contribution is 2.21. The van der Waals surface area contributed by atoms with Gasteiger partial charge in [0, 0.05) is 0 Å². The molecule has 0 aliphatic rings. The normalized spacial score (nSPS) is 10.7. The Morgan fingerprint density at radius 3 is 3.17 bits per heavy atom. The van der Waals surface area contributed by atoms with Crippen LogP contribution in [0.4, 0.5) is 0 Å². The Bertz CT molecular complexity index is 528. The first-order valence-corrected chi connectivity index (χ1v) is 6.72. The zero-order valence-electron chi connectivity index (χ0n) is 10.0. The number of unbranched alkanes of at least 4 members (excludes halogenated alkanes) is 1. The number of carbonyl (C=O) groups is 1. The fraction of sp³-hybridized carbons (Fsp3) is 0.455. The fourth-order valence-corrected chi connectivity index (χ4v) is 2.11. The van der Waals surface area contributed by atoms with Crippen LogP contribution in [0.3, 0.4) is 0 Å². The maximum Gasteiger partial charge on any atom is 0.316 e. The van der Waals surface area contributed by atoms with Crippen LogP contribution in [-0.2, 0) is 9.53 Å². The third kappa shape index (κ3) is 3.19. The molecule has 1 N–H and O–H groups in total. The summed E-state index contributed by atoms with van der Waals surface area (Å²) >= 11 is 1.32. The average molecular weight is 266 g/mol. The maximum absolute atomic E-state index is 11.5. The number of ether oxygens (including phenoxy) is 1. The van der Waals surface area contributed by atoms with Gasteiger partial charge < -0.3 is 9.72 Å². The molecule has 0 spiro atoms. The lowest BCUT2D eigenvalue weighted by atomic mass is 10.4. The Labute approximate surface area is 109 Å². The van der Waals surface area contributed by atoms with Crippen molar-refractivity contribution < 1.29 is 9.53 Å². The van der Waals surface area contributed by atoms with Gasteiger partial charge in [-0.25, -0.2) is 15.0 Å². The standard InChI is InChI=1S/C11H14N4O2S/c1-2-3-4-17-8(16)5-18-11-9-10(13-6-12-9)14-7-15-11/h6-7H,2-5H2,1H3,(H,12,13,14,15). The van der Waals surface area contributed by atoms with Crippen LogP contribution in [0.5, 0.6) is 0 Å². The van der Waals surface area contributed by atoms with Crippen molar-refractivity contribution in [2.75, 3.05) is 12.4 Å². The highest BCUT2D eigenvalue weighted by Gasteiger charge is 2.09. The molecule has 0 saturated heterocycles. The Morgan fingerprint density at radius 2 is 2.33 bits per heavy atom. The molecule has 0 amide bonds. The summed E-state index contributed by atoms with van der Waals surface area (Å²) in [5, 5.41) is 0.713. The number of thioether (sulfide) groups is 1. The highest BCUT2D eigenvalue weighted by atomic mass is 32.2. The first kappa shape index (κ1) is 12.8. The quantitative estimate of drug-likeness (QED) is 0.371. The summed E-state index contributed by atoms with van der Waals surface area (Å²) in [7, 11) is 0. The van der Waals surface area contributed by atoms with E-state index in [0.717, 1.165) is 18.4 Å². The van der Waals surface area contributed by atoms with Crippen molar-refractivity contribution in [3.8, 4) is 0 Å². The van der Waals surface area contributed by atoms with E-state index in [1.807, 2.05) is 0 Å².